The van der Waals surface area contributed by atoms with E-state index in [1.165, 1.54) is 48.9 Å². The van der Waals surface area contributed by atoms with Crippen LogP contribution >= 0.6 is 0 Å². The Kier molecular flexibility index (Phi) is 6.30. The minimum absolute atomic E-state index is 0.323. The number of benzene rings is 1. The normalized spacial score (nSPS) is 18.0. The van der Waals surface area contributed by atoms with Crippen LogP contribution in [0.2, 0.25) is 0 Å². The Balaban J connectivity index is 1.69. The van der Waals surface area contributed by atoms with Gasteiger partial charge in [-0.05, 0) is 77.8 Å². The van der Waals surface area contributed by atoms with Crippen LogP contribution in [0.4, 0.5) is 0 Å². The summed E-state index contributed by atoms with van der Waals surface area (Å²) < 4.78 is 2.00. The third-order valence-corrected chi connectivity index (χ3v) is 6.10. The summed E-state index contributed by atoms with van der Waals surface area (Å²) in [7, 11) is 0. The number of hydrogen-bond acceptors (Lipinski definition) is 2. The van der Waals surface area contributed by atoms with Crippen LogP contribution in [0.3, 0.4) is 0 Å². The Labute approximate surface area is 163 Å². The highest BCUT2D eigenvalue weighted by molar-refractivity contribution is 5.78. The van der Waals surface area contributed by atoms with Crippen molar-refractivity contribution in [2.24, 2.45) is 11.8 Å². The average molecular weight is 364 g/mol. The largest absolute Gasteiger partial charge is 0.217 e. The summed E-state index contributed by atoms with van der Waals surface area (Å²) in [6.07, 6.45) is 11.0. The number of allylic oxidation sites excluding steroid dienone is 6. The number of aromatic nitrogens is 3. The van der Waals surface area contributed by atoms with Crippen LogP contribution in [0.5, 0.6) is 0 Å². The molecule has 0 saturated heterocycles. The third kappa shape index (κ3) is 4.58. The van der Waals surface area contributed by atoms with Crippen molar-refractivity contribution < 1.29 is 0 Å². The lowest BCUT2D eigenvalue weighted by Gasteiger charge is -2.19. The summed E-state index contributed by atoms with van der Waals surface area (Å²) >= 11 is 0. The molecule has 0 bridgehead atoms. The number of rotatable bonds is 8. The summed E-state index contributed by atoms with van der Waals surface area (Å²) in [5.74, 6) is 1.22. The molecule has 1 unspecified atom stereocenters. The van der Waals surface area contributed by atoms with Crippen LogP contribution in [0.15, 0.2) is 53.1 Å². The van der Waals surface area contributed by atoms with E-state index in [1.807, 2.05) is 22.9 Å². The SMILES string of the molecule is C/C=C(/C(C)/C(C)=C(/C)CCCC=C(C)C1CC1)n1nnc2ccccc21. The maximum absolute atomic E-state index is 4.41. The predicted octanol–water partition coefficient (Wildman–Crippen LogP) is 6.79. The lowest BCUT2D eigenvalue weighted by atomic mass is 9.92. The van der Waals surface area contributed by atoms with E-state index < -0.39 is 0 Å². The standard InChI is InChI=1S/C24H33N3/c1-6-23(27-24-14-10-9-13-22(24)25-26-27)20(5)19(4)17(2)11-7-8-12-18(3)21-15-16-21/h6,9-10,12-14,20-21H,7-8,11,15-16H2,1-5H3/b18-12?,19-17-,23-6-. The summed E-state index contributed by atoms with van der Waals surface area (Å²) in [5.41, 5.74) is 7.78. The van der Waals surface area contributed by atoms with Crippen molar-refractivity contribution >= 4 is 16.7 Å². The number of fused-ring (bicyclic) bond motifs is 1. The summed E-state index contributed by atoms with van der Waals surface area (Å²) in [4.78, 5) is 0. The molecule has 0 amide bonds. The van der Waals surface area contributed by atoms with Crippen LogP contribution in [-0.2, 0) is 0 Å². The van der Waals surface area contributed by atoms with E-state index in [2.05, 4.69) is 63.1 Å². The van der Waals surface area contributed by atoms with Crippen molar-refractivity contribution in [1.29, 1.82) is 0 Å². The number of unbranched alkanes of at least 4 members (excludes halogenated alkanes) is 1. The van der Waals surface area contributed by atoms with Crippen molar-refractivity contribution in [2.75, 3.05) is 0 Å². The van der Waals surface area contributed by atoms with Crippen molar-refractivity contribution in [3.05, 3.63) is 53.1 Å². The minimum Gasteiger partial charge on any atom is -0.217 e. The quantitative estimate of drug-likeness (QED) is 0.382. The summed E-state index contributed by atoms with van der Waals surface area (Å²) in [6.45, 7) is 11.2. The van der Waals surface area contributed by atoms with Gasteiger partial charge < -0.3 is 0 Å². The molecule has 1 fully saturated rings. The Bertz CT molecular complexity index is 878. The van der Waals surface area contributed by atoms with Crippen LogP contribution in [0.25, 0.3) is 16.7 Å². The highest BCUT2D eigenvalue weighted by atomic mass is 15.4. The molecule has 2 aromatic rings. The lowest BCUT2D eigenvalue weighted by Crippen LogP contribution is -2.10. The second-order valence-electron chi connectivity index (χ2n) is 8.00. The molecule has 1 aromatic carbocycles. The van der Waals surface area contributed by atoms with Gasteiger partial charge in [-0.3, -0.25) is 0 Å². The number of hydrogen-bond donors (Lipinski definition) is 0. The van der Waals surface area contributed by atoms with Gasteiger partial charge in [0.05, 0.1) is 5.52 Å². The zero-order chi connectivity index (χ0) is 19.4. The number of para-hydroxylation sites is 1. The van der Waals surface area contributed by atoms with E-state index in [-0.39, 0.29) is 0 Å². The fourth-order valence-corrected chi connectivity index (χ4v) is 3.81. The molecular weight excluding hydrogens is 330 g/mol. The highest BCUT2D eigenvalue weighted by Gasteiger charge is 2.22. The van der Waals surface area contributed by atoms with E-state index in [0.29, 0.717) is 5.92 Å². The van der Waals surface area contributed by atoms with Gasteiger partial charge in [0.15, 0.2) is 0 Å². The van der Waals surface area contributed by atoms with Gasteiger partial charge >= 0.3 is 0 Å². The number of nitrogens with zero attached hydrogens (tertiary/aromatic N) is 3. The van der Waals surface area contributed by atoms with Crippen LogP contribution in [-0.4, -0.2) is 15.0 Å². The summed E-state index contributed by atoms with van der Waals surface area (Å²) in [5, 5.41) is 8.73. The first-order valence-electron chi connectivity index (χ1n) is 10.3. The Morgan fingerprint density at radius 3 is 2.67 bits per heavy atom. The van der Waals surface area contributed by atoms with Gasteiger partial charge in [0.2, 0.25) is 0 Å². The third-order valence-electron chi connectivity index (χ3n) is 6.10. The van der Waals surface area contributed by atoms with E-state index in [1.54, 1.807) is 5.57 Å². The van der Waals surface area contributed by atoms with Crippen molar-refractivity contribution in [2.45, 2.75) is 66.7 Å². The van der Waals surface area contributed by atoms with E-state index in [9.17, 15) is 0 Å². The van der Waals surface area contributed by atoms with Gasteiger partial charge in [-0.25, -0.2) is 4.68 Å². The van der Waals surface area contributed by atoms with Crippen molar-refractivity contribution in [3.63, 3.8) is 0 Å². The molecule has 1 aliphatic carbocycles. The molecule has 3 nitrogen and oxygen atoms in total. The first kappa shape index (κ1) is 19.6. The smallest absolute Gasteiger partial charge is 0.113 e. The van der Waals surface area contributed by atoms with Gasteiger partial charge in [-0.2, -0.15) is 0 Å². The molecule has 0 radical (unpaired) electrons. The van der Waals surface area contributed by atoms with E-state index >= 15 is 0 Å². The van der Waals surface area contributed by atoms with E-state index in [0.717, 1.165) is 17.0 Å². The van der Waals surface area contributed by atoms with Gasteiger partial charge in [0, 0.05) is 11.6 Å². The minimum atomic E-state index is 0.323. The van der Waals surface area contributed by atoms with Gasteiger partial charge in [0.1, 0.15) is 5.52 Å². The first-order chi connectivity index (χ1) is 13.0. The average Bonchev–Trinajstić information content (AvgIpc) is 3.46. The predicted molar refractivity (Wildman–Crippen MR) is 115 cm³/mol. The van der Waals surface area contributed by atoms with Crippen LogP contribution in [0.1, 0.15) is 66.7 Å². The maximum atomic E-state index is 4.41. The molecule has 0 aliphatic heterocycles. The molecule has 1 atom stereocenters. The van der Waals surface area contributed by atoms with Crippen LogP contribution < -0.4 is 0 Å². The molecule has 1 aliphatic rings. The maximum Gasteiger partial charge on any atom is 0.113 e. The Morgan fingerprint density at radius 2 is 1.96 bits per heavy atom. The topological polar surface area (TPSA) is 30.7 Å². The zero-order valence-electron chi connectivity index (χ0n) is 17.5. The molecular formula is C24H33N3. The second-order valence-corrected chi connectivity index (χ2v) is 8.00. The summed E-state index contributed by atoms with van der Waals surface area (Å²) in [6, 6.07) is 8.16. The van der Waals surface area contributed by atoms with Gasteiger partial charge in [0.25, 0.3) is 0 Å². The molecule has 1 heterocycles. The molecule has 1 aromatic heterocycles. The van der Waals surface area contributed by atoms with E-state index in [4.69, 9.17) is 0 Å². The molecule has 0 spiro atoms. The fourth-order valence-electron chi connectivity index (χ4n) is 3.81. The molecule has 0 N–H and O–H groups in total. The molecule has 144 valence electrons. The van der Waals surface area contributed by atoms with Crippen LogP contribution in [0, 0.1) is 11.8 Å². The van der Waals surface area contributed by atoms with Gasteiger partial charge in [-0.15, -0.1) is 5.10 Å². The first-order valence-corrected chi connectivity index (χ1v) is 10.3. The fraction of sp³-hybridized carbons (Fsp3) is 0.500. The van der Waals surface area contributed by atoms with Gasteiger partial charge in [-0.1, -0.05) is 53.1 Å². The molecule has 27 heavy (non-hydrogen) atoms. The Hall–Kier alpha value is -2.16. The highest BCUT2D eigenvalue weighted by Crippen LogP contribution is 2.36. The second kappa shape index (κ2) is 8.69. The van der Waals surface area contributed by atoms with Crippen molar-refractivity contribution in [1.82, 2.24) is 15.0 Å². The Morgan fingerprint density at radius 1 is 1.22 bits per heavy atom. The molecule has 3 rings (SSSR count). The molecule has 3 heteroatoms. The molecule has 1 saturated carbocycles. The lowest BCUT2D eigenvalue weighted by molar-refractivity contribution is 0.724. The monoisotopic (exact) mass is 363 g/mol. The zero-order valence-corrected chi connectivity index (χ0v) is 17.5. The van der Waals surface area contributed by atoms with Crippen molar-refractivity contribution in [3.8, 4) is 0 Å².